The van der Waals surface area contributed by atoms with Crippen LogP contribution in [0.3, 0.4) is 0 Å². The van der Waals surface area contributed by atoms with Crippen LogP contribution in [0.25, 0.3) is 16.9 Å². The molecule has 0 aliphatic rings. The fourth-order valence-corrected chi connectivity index (χ4v) is 4.22. The van der Waals surface area contributed by atoms with Crippen LogP contribution in [0.1, 0.15) is 16.6 Å². The first-order valence-corrected chi connectivity index (χ1v) is 11.9. The molecule has 0 aliphatic heterocycles. The second-order valence-corrected chi connectivity index (χ2v) is 8.76. The zero-order valence-electron chi connectivity index (χ0n) is 18.7. The van der Waals surface area contributed by atoms with Gasteiger partial charge in [-0.2, -0.15) is 0 Å². The number of ether oxygens (including phenoxy) is 1. The van der Waals surface area contributed by atoms with Crippen molar-refractivity contribution in [2.75, 3.05) is 25.5 Å². The van der Waals surface area contributed by atoms with Gasteiger partial charge in [-0.05, 0) is 42.6 Å². The van der Waals surface area contributed by atoms with E-state index in [9.17, 15) is 9.59 Å². The number of likely N-dealkylation sites (N-methyl/N-ethyl adjacent to an activating group) is 1. The van der Waals surface area contributed by atoms with Gasteiger partial charge in [0.1, 0.15) is 12.3 Å². The van der Waals surface area contributed by atoms with Crippen molar-refractivity contribution in [3.8, 4) is 22.7 Å². The minimum absolute atomic E-state index is 0.0888. The van der Waals surface area contributed by atoms with Crippen molar-refractivity contribution in [3.05, 3.63) is 82.1 Å². The minimum Gasteiger partial charge on any atom is -0.497 e. The summed E-state index contributed by atoms with van der Waals surface area (Å²) in [5, 5.41) is 5.33. The number of carbonyl (C=O) groups excluding carboxylic acids is 2. The fourth-order valence-electron chi connectivity index (χ4n) is 3.41. The number of aromatic nitrogens is 2. The van der Waals surface area contributed by atoms with Gasteiger partial charge in [-0.15, -0.1) is 11.3 Å². The third-order valence-corrected chi connectivity index (χ3v) is 6.27. The van der Waals surface area contributed by atoms with Gasteiger partial charge in [-0.1, -0.05) is 35.9 Å². The molecule has 0 radical (unpaired) electrons. The van der Waals surface area contributed by atoms with E-state index in [-0.39, 0.29) is 18.4 Å². The maximum Gasteiger partial charge on any atom is 0.264 e. The first-order valence-electron chi connectivity index (χ1n) is 10.6. The van der Waals surface area contributed by atoms with Crippen molar-refractivity contribution >= 4 is 40.7 Å². The van der Waals surface area contributed by atoms with Gasteiger partial charge in [0, 0.05) is 29.4 Å². The lowest BCUT2D eigenvalue weighted by Gasteiger charge is -2.19. The predicted molar refractivity (Wildman–Crippen MR) is 135 cm³/mol. The van der Waals surface area contributed by atoms with Crippen molar-refractivity contribution in [2.24, 2.45) is 0 Å². The van der Waals surface area contributed by atoms with E-state index >= 15 is 0 Å². The molecule has 4 rings (SSSR count). The van der Waals surface area contributed by atoms with Crippen LogP contribution in [0.15, 0.2) is 72.2 Å². The minimum atomic E-state index is -0.343. The zero-order valence-corrected chi connectivity index (χ0v) is 20.3. The van der Waals surface area contributed by atoms with Gasteiger partial charge in [0.25, 0.3) is 5.91 Å². The summed E-state index contributed by atoms with van der Waals surface area (Å²) in [5.74, 6) is 0.493. The molecular weight excluding hydrogens is 472 g/mol. The number of rotatable bonds is 8. The number of imidazole rings is 1. The lowest BCUT2D eigenvalue weighted by molar-refractivity contribution is -0.116. The van der Waals surface area contributed by atoms with Gasteiger partial charge in [-0.25, -0.2) is 4.98 Å². The Hall–Kier alpha value is -3.62. The Balaban J connectivity index is 1.63. The van der Waals surface area contributed by atoms with E-state index in [0.717, 1.165) is 11.3 Å². The number of hydrogen-bond donors (Lipinski definition) is 1. The highest BCUT2D eigenvalue weighted by Gasteiger charge is 2.20. The maximum absolute atomic E-state index is 13.0. The van der Waals surface area contributed by atoms with Gasteiger partial charge in [0.05, 0.1) is 23.4 Å². The quantitative estimate of drug-likeness (QED) is 0.357. The number of nitrogens with zero attached hydrogens (tertiary/aromatic N) is 3. The molecule has 0 aliphatic carbocycles. The van der Waals surface area contributed by atoms with Crippen molar-refractivity contribution in [2.45, 2.75) is 6.92 Å². The van der Waals surface area contributed by atoms with Crippen LogP contribution in [0, 0.1) is 0 Å². The molecule has 1 N–H and O–H groups in total. The van der Waals surface area contributed by atoms with Crippen LogP contribution < -0.4 is 10.1 Å². The molecule has 2 aromatic carbocycles. The van der Waals surface area contributed by atoms with Crippen LogP contribution in [0.4, 0.5) is 5.95 Å². The summed E-state index contributed by atoms with van der Waals surface area (Å²) in [6, 6.07) is 18.3. The summed E-state index contributed by atoms with van der Waals surface area (Å²) in [6.07, 6.45) is 1.84. The molecule has 2 amide bonds. The van der Waals surface area contributed by atoms with Crippen molar-refractivity contribution in [3.63, 3.8) is 0 Å². The molecule has 4 aromatic rings. The van der Waals surface area contributed by atoms with Gasteiger partial charge in [0.2, 0.25) is 11.9 Å². The average molecular weight is 495 g/mol. The number of nitrogens with one attached hydrogen (secondary N) is 1. The number of methoxy groups -OCH3 is 1. The van der Waals surface area contributed by atoms with Gasteiger partial charge in [0.15, 0.2) is 0 Å². The molecule has 0 spiro atoms. The van der Waals surface area contributed by atoms with E-state index in [1.807, 2.05) is 61.0 Å². The monoisotopic (exact) mass is 494 g/mol. The maximum atomic E-state index is 13.0. The van der Waals surface area contributed by atoms with Crippen LogP contribution >= 0.6 is 22.9 Å². The third-order valence-electron chi connectivity index (χ3n) is 5.16. The Morgan fingerprint density at radius 1 is 1.15 bits per heavy atom. The Morgan fingerprint density at radius 2 is 1.94 bits per heavy atom. The largest absolute Gasteiger partial charge is 0.497 e. The Bertz CT molecular complexity index is 1290. The smallest absolute Gasteiger partial charge is 0.264 e. The highest BCUT2D eigenvalue weighted by molar-refractivity contribution is 7.12. The molecule has 174 valence electrons. The first kappa shape index (κ1) is 23.5. The van der Waals surface area contributed by atoms with E-state index in [1.165, 1.54) is 16.2 Å². The molecule has 0 bridgehead atoms. The number of hydrogen-bond acceptors (Lipinski definition) is 5. The lowest BCUT2D eigenvalue weighted by Crippen LogP contribution is -2.37. The fraction of sp³-hybridized carbons (Fsp3) is 0.160. The van der Waals surface area contributed by atoms with Crippen LogP contribution in [-0.4, -0.2) is 46.5 Å². The second kappa shape index (κ2) is 10.5. The Labute approximate surface area is 206 Å². The van der Waals surface area contributed by atoms with E-state index in [4.69, 9.17) is 16.3 Å². The first-order chi connectivity index (χ1) is 16.5. The Kier molecular flexibility index (Phi) is 7.30. The summed E-state index contributed by atoms with van der Waals surface area (Å²) >= 11 is 7.38. The van der Waals surface area contributed by atoms with Gasteiger partial charge < -0.3 is 9.64 Å². The molecule has 2 aromatic heterocycles. The Morgan fingerprint density at radius 3 is 2.62 bits per heavy atom. The number of carbonyl (C=O) groups is 2. The molecular formula is C25H23ClN4O3S. The van der Waals surface area contributed by atoms with Gasteiger partial charge >= 0.3 is 0 Å². The summed E-state index contributed by atoms with van der Waals surface area (Å²) in [4.78, 5) is 32.4. The highest BCUT2D eigenvalue weighted by atomic mass is 35.5. The molecule has 0 unspecified atom stereocenters. The number of anilines is 1. The predicted octanol–water partition coefficient (Wildman–Crippen LogP) is 5.36. The summed E-state index contributed by atoms with van der Waals surface area (Å²) < 4.78 is 7.13. The SMILES string of the molecule is CCN(CC(=O)Nc1nc(-c2ccc(Cl)cc2)cn1-c1cccc(OC)c1)C(=O)c1cccs1. The molecule has 0 fully saturated rings. The lowest BCUT2D eigenvalue weighted by atomic mass is 10.2. The second-order valence-electron chi connectivity index (χ2n) is 7.37. The number of halogens is 1. The van der Waals surface area contributed by atoms with E-state index in [0.29, 0.717) is 33.8 Å². The average Bonchev–Trinajstić information content (AvgIpc) is 3.53. The molecule has 34 heavy (non-hydrogen) atoms. The van der Waals surface area contributed by atoms with Crippen LogP contribution in [0.2, 0.25) is 5.02 Å². The topological polar surface area (TPSA) is 76.5 Å². The number of amides is 2. The molecule has 2 heterocycles. The zero-order chi connectivity index (χ0) is 24.1. The number of benzene rings is 2. The summed E-state index contributed by atoms with van der Waals surface area (Å²) in [6.45, 7) is 2.16. The molecule has 9 heteroatoms. The third kappa shape index (κ3) is 5.30. The van der Waals surface area contributed by atoms with Crippen molar-refractivity contribution < 1.29 is 14.3 Å². The normalized spacial score (nSPS) is 10.7. The standard InChI is InChI=1S/C25H23ClN4O3S/c1-3-29(24(32)22-8-5-13-34-22)16-23(31)28-25-27-21(17-9-11-18(26)12-10-17)15-30(25)19-6-4-7-20(14-19)33-2/h4-15H,3,16H2,1-2H3,(H,27,28,31). The highest BCUT2D eigenvalue weighted by Crippen LogP contribution is 2.27. The van der Waals surface area contributed by atoms with E-state index < -0.39 is 0 Å². The van der Waals surface area contributed by atoms with Crippen LogP contribution in [-0.2, 0) is 4.79 Å². The number of thiophene rings is 1. The van der Waals surface area contributed by atoms with E-state index in [2.05, 4.69) is 10.3 Å². The van der Waals surface area contributed by atoms with Gasteiger partial charge in [-0.3, -0.25) is 19.5 Å². The van der Waals surface area contributed by atoms with Crippen molar-refractivity contribution in [1.29, 1.82) is 0 Å². The van der Waals surface area contributed by atoms with E-state index in [1.54, 1.807) is 29.9 Å². The molecule has 0 saturated heterocycles. The summed E-state index contributed by atoms with van der Waals surface area (Å²) in [5.41, 5.74) is 2.28. The molecule has 0 atom stereocenters. The molecule has 7 nitrogen and oxygen atoms in total. The van der Waals surface area contributed by atoms with Crippen LogP contribution in [0.5, 0.6) is 5.75 Å². The molecule has 0 saturated carbocycles. The van der Waals surface area contributed by atoms with Crippen molar-refractivity contribution in [1.82, 2.24) is 14.5 Å². The summed E-state index contributed by atoms with van der Waals surface area (Å²) in [7, 11) is 1.60.